The molecule has 144 valence electrons. The van der Waals surface area contributed by atoms with E-state index in [2.05, 4.69) is 32.5 Å². The monoisotopic (exact) mass is 475 g/mol. The quantitative estimate of drug-likeness (QED) is 0.312. The molecule has 1 aliphatic rings. The average molecular weight is 475 g/mol. The van der Waals surface area contributed by atoms with E-state index in [4.69, 9.17) is 0 Å². The minimum Gasteiger partial charge on any atom is -0.355 e. The van der Waals surface area contributed by atoms with Crippen molar-refractivity contribution < 1.29 is 8.42 Å². The first-order valence-corrected chi connectivity index (χ1v) is 10.4. The van der Waals surface area contributed by atoms with E-state index in [0.29, 0.717) is 6.42 Å². The topological polar surface area (TPSA) is 77.0 Å². The van der Waals surface area contributed by atoms with E-state index < -0.39 is 9.84 Å². The minimum absolute atomic E-state index is 0. The number of nitrogens with zero attached hydrogens (tertiary/aromatic N) is 3. The predicted molar refractivity (Wildman–Crippen MR) is 112 cm³/mol. The molecule has 0 aromatic rings. The average Bonchev–Trinajstić information content (AvgIpc) is 2.68. The number of aliphatic imine (C=N–C) groups is 1. The number of likely N-dealkylation sites (N-methyl/N-ethyl adjacent to an activating group) is 1. The van der Waals surface area contributed by atoms with Crippen LogP contribution >= 0.6 is 24.0 Å². The maximum absolute atomic E-state index is 11.2. The second-order valence-electron chi connectivity index (χ2n) is 6.46. The van der Waals surface area contributed by atoms with E-state index >= 15 is 0 Å². The third kappa shape index (κ3) is 11.4. The Morgan fingerprint density at radius 2 is 1.96 bits per heavy atom. The summed E-state index contributed by atoms with van der Waals surface area (Å²) in [4.78, 5) is 9.05. The van der Waals surface area contributed by atoms with Gasteiger partial charge in [-0.2, -0.15) is 0 Å². The zero-order valence-electron chi connectivity index (χ0n) is 15.4. The number of sulfone groups is 1. The molecule has 1 aliphatic heterocycles. The summed E-state index contributed by atoms with van der Waals surface area (Å²) in [7, 11) is 0.996. The van der Waals surface area contributed by atoms with Crippen LogP contribution in [0.3, 0.4) is 0 Å². The van der Waals surface area contributed by atoms with Crippen LogP contribution in [0.2, 0.25) is 0 Å². The zero-order valence-corrected chi connectivity index (χ0v) is 18.6. The molecule has 1 unspecified atom stereocenters. The molecule has 0 aromatic heterocycles. The van der Waals surface area contributed by atoms with E-state index in [1.165, 1.54) is 19.2 Å². The zero-order chi connectivity index (χ0) is 17.3. The van der Waals surface area contributed by atoms with E-state index in [1.807, 2.05) is 6.92 Å². The molecule has 2 N–H and O–H groups in total. The molecular formula is C15H34IN5O2S. The molecule has 1 rings (SSSR count). The van der Waals surface area contributed by atoms with E-state index in [1.54, 1.807) is 7.05 Å². The Bertz CT molecular complexity index is 472. The molecule has 24 heavy (non-hydrogen) atoms. The summed E-state index contributed by atoms with van der Waals surface area (Å²) in [5.41, 5.74) is 0. The van der Waals surface area contributed by atoms with Crippen LogP contribution in [0.25, 0.3) is 0 Å². The molecule has 0 aliphatic carbocycles. The molecule has 0 bridgehead atoms. The normalized spacial score (nSPS) is 19.2. The van der Waals surface area contributed by atoms with E-state index in [9.17, 15) is 8.42 Å². The van der Waals surface area contributed by atoms with Gasteiger partial charge >= 0.3 is 0 Å². The van der Waals surface area contributed by atoms with Gasteiger partial charge in [0.2, 0.25) is 0 Å². The Balaban J connectivity index is 0.00000529. The summed E-state index contributed by atoms with van der Waals surface area (Å²) in [6, 6.07) is 0.0720. The van der Waals surface area contributed by atoms with Crippen LogP contribution in [-0.2, 0) is 9.84 Å². The smallest absolute Gasteiger partial charge is 0.191 e. The third-order valence-corrected chi connectivity index (χ3v) is 5.04. The van der Waals surface area contributed by atoms with Crippen molar-refractivity contribution in [3.8, 4) is 0 Å². The molecule has 0 spiro atoms. The number of hydrogen-bond acceptors (Lipinski definition) is 5. The fourth-order valence-corrected chi connectivity index (χ4v) is 3.33. The first-order valence-electron chi connectivity index (χ1n) is 8.36. The van der Waals surface area contributed by atoms with Gasteiger partial charge in [0.25, 0.3) is 0 Å². The van der Waals surface area contributed by atoms with E-state index in [0.717, 1.165) is 38.7 Å². The van der Waals surface area contributed by atoms with Crippen molar-refractivity contribution in [1.82, 2.24) is 20.4 Å². The van der Waals surface area contributed by atoms with Crippen LogP contribution in [0.4, 0.5) is 0 Å². The summed E-state index contributed by atoms with van der Waals surface area (Å²) in [5, 5.41) is 6.55. The summed E-state index contributed by atoms with van der Waals surface area (Å²) in [5.74, 6) is 0.928. The van der Waals surface area contributed by atoms with Crippen molar-refractivity contribution in [2.45, 2.75) is 25.8 Å². The summed E-state index contributed by atoms with van der Waals surface area (Å²) >= 11 is 0. The largest absolute Gasteiger partial charge is 0.355 e. The summed E-state index contributed by atoms with van der Waals surface area (Å²) < 4.78 is 22.4. The first kappa shape index (κ1) is 23.9. The maximum atomic E-state index is 11.2. The molecule has 1 fully saturated rings. The fraction of sp³-hybridized carbons (Fsp3) is 0.933. The summed E-state index contributed by atoms with van der Waals surface area (Å²) in [6.45, 7) is 8.34. The molecule has 0 amide bonds. The molecule has 0 radical (unpaired) electrons. The van der Waals surface area contributed by atoms with Gasteiger partial charge < -0.3 is 20.4 Å². The molecule has 1 atom stereocenters. The van der Waals surface area contributed by atoms with Crippen LogP contribution < -0.4 is 10.6 Å². The highest BCUT2D eigenvalue weighted by molar-refractivity contribution is 14.0. The Labute approximate surface area is 164 Å². The number of guanidine groups is 1. The van der Waals surface area contributed by atoms with Crippen molar-refractivity contribution in [1.29, 1.82) is 0 Å². The Hall–Kier alpha value is -0.130. The van der Waals surface area contributed by atoms with Gasteiger partial charge in [0.15, 0.2) is 5.96 Å². The van der Waals surface area contributed by atoms with Gasteiger partial charge in [0.1, 0.15) is 9.84 Å². The molecule has 0 aromatic carbocycles. The fourth-order valence-electron chi connectivity index (χ4n) is 2.55. The standard InChI is InChI=1S/C15H33N5O2S.HI/c1-14(6-13-23(4,21)22)18-15(16-2)17-7-10-20-9-5-8-19(3)11-12-20;/h14H,5-13H2,1-4H3,(H2,16,17,18);1H. The minimum atomic E-state index is -2.91. The molecule has 1 saturated heterocycles. The second kappa shape index (κ2) is 12.3. The van der Waals surface area contributed by atoms with Crippen LogP contribution in [0.1, 0.15) is 19.8 Å². The van der Waals surface area contributed by atoms with Crippen molar-refractivity contribution in [2.24, 2.45) is 4.99 Å². The lowest BCUT2D eigenvalue weighted by atomic mass is 10.3. The van der Waals surface area contributed by atoms with Crippen molar-refractivity contribution in [2.75, 3.05) is 65.4 Å². The molecule has 1 heterocycles. The van der Waals surface area contributed by atoms with Crippen molar-refractivity contribution in [3.05, 3.63) is 0 Å². The highest BCUT2D eigenvalue weighted by Crippen LogP contribution is 2.00. The number of halogens is 1. The lowest BCUT2D eigenvalue weighted by Crippen LogP contribution is -2.45. The van der Waals surface area contributed by atoms with Gasteiger partial charge in [-0.05, 0) is 39.9 Å². The van der Waals surface area contributed by atoms with Gasteiger partial charge in [-0.3, -0.25) is 4.99 Å². The molecule has 7 nitrogen and oxygen atoms in total. The first-order chi connectivity index (χ1) is 10.8. The molecular weight excluding hydrogens is 441 g/mol. The van der Waals surface area contributed by atoms with Crippen LogP contribution in [0.15, 0.2) is 4.99 Å². The highest BCUT2D eigenvalue weighted by atomic mass is 127. The van der Waals surface area contributed by atoms with E-state index in [-0.39, 0.29) is 35.8 Å². The maximum Gasteiger partial charge on any atom is 0.191 e. The lowest BCUT2D eigenvalue weighted by Gasteiger charge is -2.22. The third-order valence-electron chi connectivity index (χ3n) is 4.06. The van der Waals surface area contributed by atoms with Gasteiger partial charge in [0.05, 0.1) is 5.75 Å². The number of hydrogen-bond donors (Lipinski definition) is 2. The Morgan fingerprint density at radius 1 is 1.25 bits per heavy atom. The SMILES string of the molecule is CN=C(NCCN1CCCN(C)CC1)NC(C)CCS(C)(=O)=O.I. The Morgan fingerprint density at radius 3 is 2.58 bits per heavy atom. The van der Waals surface area contributed by atoms with Gasteiger partial charge in [-0.1, -0.05) is 0 Å². The van der Waals surface area contributed by atoms with Crippen LogP contribution in [0.5, 0.6) is 0 Å². The number of nitrogens with one attached hydrogen (secondary N) is 2. The van der Waals surface area contributed by atoms with Gasteiger partial charge in [-0.15, -0.1) is 24.0 Å². The van der Waals surface area contributed by atoms with Crippen molar-refractivity contribution >= 4 is 39.8 Å². The highest BCUT2D eigenvalue weighted by Gasteiger charge is 2.12. The summed E-state index contributed by atoms with van der Waals surface area (Å²) in [6.07, 6.45) is 3.06. The van der Waals surface area contributed by atoms with Gasteiger partial charge in [-0.25, -0.2) is 8.42 Å². The molecule has 9 heteroatoms. The predicted octanol–water partition coefficient (Wildman–Crippen LogP) is 0.230. The molecule has 0 saturated carbocycles. The Kier molecular flexibility index (Phi) is 12.2. The van der Waals surface area contributed by atoms with Gasteiger partial charge in [0, 0.05) is 45.5 Å². The lowest BCUT2D eigenvalue weighted by molar-refractivity contribution is 0.280. The van der Waals surface area contributed by atoms with Crippen LogP contribution in [-0.4, -0.2) is 95.6 Å². The van der Waals surface area contributed by atoms with Crippen LogP contribution in [0, 0.1) is 0 Å². The number of rotatable bonds is 7. The second-order valence-corrected chi connectivity index (χ2v) is 8.72. The van der Waals surface area contributed by atoms with Crippen molar-refractivity contribution in [3.63, 3.8) is 0 Å².